The average molecular weight is 469 g/mol. The van der Waals surface area contributed by atoms with Crippen LogP contribution in [0.15, 0.2) is 0 Å². The Morgan fingerprint density at radius 1 is 0.828 bits per heavy atom. The lowest BCUT2D eigenvalue weighted by Crippen LogP contribution is -2.54. The second kappa shape index (κ2) is 16.7. The number of rotatable bonds is 16. The number of nitrogens with two attached hydrogens (primary N) is 1. The smallest absolute Gasteiger partial charge is 0.326 e. The number of thioether (sulfide) groups is 3. The van der Waals surface area contributed by atoms with E-state index in [1.165, 1.54) is 23.5 Å². The standard InChI is InChI=1S/C17H32N4O5S3/c1-27-7-4-11(18)15(23)19-10-14(22)20-12(5-8-28-2)16(24)21-13(17(25)26)6-9-29-3/h11-13H,4-10,18H2,1-3H3,(H,19,23)(H,20,22)(H,21,24)(H,25,26)/t11-,12-,13-/m0/s1. The summed E-state index contributed by atoms with van der Waals surface area (Å²) in [5.41, 5.74) is 5.75. The van der Waals surface area contributed by atoms with Crippen molar-refractivity contribution in [2.24, 2.45) is 5.73 Å². The molecule has 0 bridgehead atoms. The summed E-state index contributed by atoms with van der Waals surface area (Å²) in [5.74, 6) is -0.707. The number of amides is 3. The Morgan fingerprint density at radius 2 is 1.34 bits per heavy atom. The van der Waals surface area contributed by atoms with Crippen molar-refractivity contribution in [2.45, 2.75) is 37.4 Å². The molecule has 0 spiro atoms. The fourth-order valence-corrected chi connectivity index (χ4v) is 3.62. The van der Waals surface area contributed by atoms with E-state index in [1.807, 2.05) is 18.8 Å². The highest BCUT2D eigenvalue weighted by molar-refractivity contribution is 7.98. The predicted octanol–water partition coefficient (Wildman–Crippen LogP) is -0.257. The quantitative estimate of drug-likeness (QED) is 0.206. The van der Waals surface area contributed by atoms with E-state index in [4.69, 9.17) is 5.73 Å². The molecular weight excluding hydrogens is 436 g/mol. The van der Waals surface area contributed by atoms with Crippen molar-refractivity contribution < 1.29 is 24.3 Å². The summed E-state index contributed by atoms with van der Waals surface area (Å²) in [6, 6.07) is -2.59. The number of nitrogens with one attached hydrogen (secondary N) is 3. The molecule has 29 heavy (non-hydrogen) atoms. The molecule has 12 heteroatoms. The van der Waals surface area contributed by atoms with E-state index in [1.54, 1.807) is 11.8 Å². The highest BCUT2D eigenvalue weighted by atomic mass is 32.2. The van der Waals surface area contributed by atoms with Crippen LogP contribution >= 0.6 is 35.3 Å². The fraction of sp³-hybridized carbons (Fsp3) is 0.765. The highest BCUT2D eigenvalue weighted by Crippen LogP contribution is 2.05. The van der Waals surface area contributed by atoms with Gasteiger partial charge in [0.1, 0.15) is 12.1 Å². The Hall–Kier alpha value is -1.11. The maximum absolute atomic E-state index is 12.5. The van der Waals surface area contributed by atoms with Gasteiger partial charge < -0.3 is 26.8 Å². The van der Waals surface area contributed by atoms with E-state index < -0.39 is 41.8 Å². The summed E-state index contributed by atoms with van der Waals surface area (Å²) < 4.78 is 0. The van der Waals surface area contributed by atoms with Gasteiger partial charge in [0.15, 0.2) is 0 Å². The van der Waals surface area contributed by atoms with Crippen molar-refractivity contribution in [3.8, 4) is 0 Å². The highest BCUT2D eigenvalue weighted by Gasteiger charge is 2.26. The lowest BCUT2D eigenvalue weighted by Gasteiger charge is -2.21. The molecule has 0 unspecified atom stereocenters. The van der Waals surface area contributed by atoms with Crippen LogP contribution in [0, 0.1) is 0 Å². The van der Waals surface area contributed by atoms with Gasteiger partial charge in [0.2, 0.25) is 17.7 Å². The maximum Gasteiger partial charge on any atom is 0.326 e. The maximum atomic E-state index is 12.5. The Bertz CT molecular complexity index is 539. The molecule has 3 amide bonds. The number of carbonyl (C=O) groups is 4. The van der Waals surface area contributed by atoms with Crippen molar-refractivity contribution in [3.63, 3.8) is 0 Å². The average Bonchev–Trinajstić information content (AvgIpc) is 2.69. The summed E-state index contributed by atoms with van der Waals surface area (Å²) in [4.78, 5) is 47.9. The zero-order valence-corrected chi connectivity index (χ0v) is 19.5. The van der Waals surface area contributed by atoms with Crippen molar-refractivity contribution in [3.05, 3.63) is 0 Å². The Balaban J connectivity index is 4.75. The minimum absolute atomic E-state index is 0.287. The minimum atomic E-state index is -1.12. The Kier molecular flexibility index (Phi) is 16.0. The molecule has 0 fully saturated rings. The third-order valence-corrected chi connectivity index (χ3v) is 5.81. The molecule has 0 saturated heterocycles. The molecule has 0 aliphatic carbocycles. The van der Waals surface area contributed by atoms with Crippen molar-refractivity contribution in [1.29, 1.82) is 0 Å². The van der Waals surface area contributed by atoms with E-state index >= 15 is 0 Å². The van der Waals surface area contributed by atoms with Crippen LogP contribution in [0.1, 0.15) is 19.3 Å². The van der Waals surface area contributed by atoms with Gasteiger partial charge in [-0.05, 0) is 55.3 Å². The predicted molar refractivity (Wildman–Crippen MR) is 121 cm³/mol. The van der Waals surface area contributed by atoms with E-state index in [9.17, 15) is 24.3 Å². The summed E-state index contributed by atoms with van der Waals surface area (Å²) in [6.45, 7) is -0.302. The van der Waals surface area contributed by atoms with Gasteiger partial charge in [-0.2, -0.15) is 35.3 Å². The lowest BCUT2D eigenvalue weighted by atomic mass is 10.1. The summed E-state index contributed by atoms with van der Waals surface area (Å²) in [6.07, 6.45) is 6.76. The molecule has 0 aliphatic rings. The lowest BCUT2D eigenvalue weighted by molar-refractivity contribution is -0.142. The summed E-state index contributed by atoms with van der Waals surface area (Å²) in [5, 5.41) is 16.8. The fourth-order valence-electron chi connectivity index (χ4n) is 2.19. The normalized spacial score (nSPS) is 13.8. The van der Waals surface area contributed by atoms with Crippen LogP contribution in [0.3, 0.4) is 0 Å². The third-order valence-electron chi connectivity index (χ3n) is 3.88. The van der Waals surface area contributed by atoms with Gasteiger partial charge in [-0.25, -0.2) is 4.79 Å². The molecule has 168 valence electrons. The van der Waals surface area contributed by atoms with Gasteiger partial charge >= 0.3 is 5.97 Å². The molecule has 0 heterocycles. The molecule has 0 saturated carbocycles. The van der Waals surface area contributed by atoms with Crippen LogP contribution in [0.4, 0.5) is 0 Å². The molecule has 0 aromatic carbocycles. The van der Waals surface area contributed by atoms with Crippen LogP contribution in [-0.4, -0.2) is 89.5 Å². The Morgan fingerprint density at radius 3 is 1.86 bits per heavy atom. The molecular formula is C17H32N4O5S3. The van der Waals surface area contributed by atoms with Gasteiger partial charge in [-0.1, -0.05) is 0 Å². The molecule has 0 aliphatic heterocycles. The molecule has 6 N–H and O–H groups in total. The molecule has 0 aromatic rings. The second-order valence-electron chi connectivity index (χ2n) is 6.19. The molecule has 3 atom stereocenters. The summed E-state index contributed by atoms with van der Waals surface area (Å²) >= 11 is 4.56. The minimum Gasteiger partial charge on any atom is -0.480 e. The Labute approximate surface area is 184 Å². The van der Waals surface area contributed by atoms with Gasteiger partial charge in [0.25, 0.3) is 0 Å². The zero-order chi connectivity index (χ0) is 22.2. The van der Waals surface area contributed by atoms with Crippen molar-refractivity contribution in [1.82, 2.24) is 16.0 Å². The van der Waals surface area contributed by atoms with Crippen LogP contribution < -0.4 is 21.7 Å². The number of aliphatic carboxylic acids is 1. The van der Waals surface area contributed by atoms with Crippen LogP contribution in [0.5, 0.6) is 0 Å². The van der Waals surface area contributed by atoms with Crippen molar-refractivity contribution >= 4 is 59.0 Å². The van der Waals surface area contributed by atoms with E-state index in [-0.39, 0.29) is 13.0 Å². The second-order valence-corrected chi connectivity index (χ2v) is 9.15. The summed E-state index contributed by atoms with van der Waals surface area (Å²) in [7, 11) is 0. The first-order valence-corrected chi connectivity index (χ1v) is 13.3. The van der Waals surface area contributed by atoms with E-state index in [2.05, 4.69) is 16.0 Å². The first kappa shape index (κ1) is 27.9. The third kappa shape index (κ3) is 12.9. The number of carboxylic acid groups (broad SMARTS) is 1. The first-order valence-electron chi connectivity index (χ1n) is 9.09. The first-order chi connectivity index (χ1) is 13.8. The number of hydrogen-bond acceptors (Lipinski definition) is 8. The van der Waals surface area contributed by atoms with Gasteiger partial charge in [0, 0.05) is 0 Å². The number of carboxylic acids is 1. The zero-order valence-electron chi connectivity index (χ0n) is 17.1. The molecule has 0 rings (SSSR count). The SMILES string of the molecule is CSCC[C@H](NC(=O)[C@H](CCSC)NC(=O)CNC(=O)[C@@H](N)CCSC)C(=O)O. The number of carbonyl (C=O) groups excluding carboxylic acids is 3. The van der Waals surface area contributed by atoms with Gasteiger partial charge in [-0.15, -0.1) is 0 Å². The van der Waals surface area contributed by atoms with Gasteiger partial charge in [-0.3, -0.25) is 14.4 Å². The van der Waals surface area contributed by atoms with E-state index in [0.29, 0.717) is 24.3 Å². The number of hydrogen-bond donors (Lipinski definition) is 5. The molecule has 0 aromatic heterocycles. The van der Waals surface area contributed by atoms with Gasteiger partial charge in [0.05, 0.1) is 12.6 Å². The van der Waals surface area contributed by atoms with Crippen LogP contribution in [-0.2, 0) is 19.2 Å². The molecule has 0 radical (unpaired) electrons. The van der Waals surface area contributed by atoms with Crippen molar-refractivity contribution in [2.75, 3.05) is 42.6 Å². The molecule has 9 nitrogen and oxygen atoms in total. The van der Waals surface area contributed by atoms with E-state index in [0.717, 1.165) is 5.75 Å². The topological polar surface area (TPSA) is 151 Å². The monoisotopic (exact) mass is 468 g/mol. The van der Waals surface area contributed by atoms with Crippen LogP contribution in [0.25, 0.3) is 0 Å². The largest absolute Gasteiger partial charge is 0.480 e. The van der Waals surface area contributed by atoms with Crippen LogP contribution in [0.2, 0.25) is 0 Å².